The monoisotopic (exact) mass is 227 g/mol. The number of fused-ring (bicyclic) bond motifs is 1. The minimum absolute atomic E-state index is 0.0168. The molecule has 3 rings (SSSR count). The van der Waals surface area contributed by atoms with Crippen molar-refractivity contribution in [1.29, 1.82) is 0 Å². The van der Waals surface area contributed by atoms with Crippen molar-refractivity contribution >= 4 is 22.5 Å². The molecule has 1 fully saturated rings. The summed E-state index contributed by atoms with van der Waals surface area (Å²) in [7, 11) is 0. The van der Waals surface area contributed by atoms with Gasteiger partial charge in [-0.25, -0.2) is 0 Å². The molecule has 1 aliphatic carbocycles. The third kappa shape index (κ3) is 2.06. The number of rotatable bonds is 2. The number of nitrogens with two attached hydrogens (primary N) is 1. The molecule has 0 unspecified atom stereocenters. The van der Waals surface area contributed by atoms with E-state index in [-0.39, 0.29) is 5.91 Å². The molecule has 1 heterocycles. The smallest absolute Gasteiger partial charge is 0.251 e. The van der Waals surface area contributed by atoms with E-state index in [0.717, 1.165) is 23.7 Å². The van der Waals surface area contributed by atoms with Gasteiger partial charge in [0.05, 0.1) is 17.4 Å². The van der Waals surface area contributed by atoms with Crippen LogP contribution < -0.4 is 11.1 Å². The normalized spacial score (nSPS) is 14.8. The van der Waals surface area contributed by atoms with Crippen LogP contribution in [0, 0.1) is 0 Å². The second-order valence-electron chi connectivity index (χ2n) is 4.42. The van der Waals surface area contributed by atoms with E-state index in [2.05, 4.69) is 10.3 Å². The van der Waals surface area contributed by atoms with Gasteiger partial charge in [0.15, 0.2) is 0 Å². The van der Waals surface area contributed by atoms with Crippen LogP contribution in [-0.2, 0) is 0 Å². The summed E-state index contributed by atoms with van der Waals surface area (Å²) in [5, 5.41) is 3.86. The van der Waals surface area contributed by atoms with Crippen LogP contribution in [0.25, 0.3) is 10.9 Å². The van der Waals surface area contributed by atoms with Crippen molar-refractivity contribution in [3.05, 3.63) is 36.0 Å². The second kappa shape index (κ2) is 3.73. The fraction of sp³-hybridized carbons (Fsp3) is 0.231. The van der Waals surface area contributed by atoms with Crippen LogP contribution in [0.4, 0.5) is 5.69 Å². The fourth-order valence-corrected chi connectivity index (χ4v) is 1.79. The van der Waals surface area contributed by atoms with Gasteiger partial charge in [0.25, 0.3) is 5.91 Å². The van der Waals surface area contributed by atoms with Gasteiger partial charge in [-0.3, -0.25) is 9.78 Å². The number of nitrogen functional groups attached to an aromatic ring is 1. The Morgan fingerprint density at radius 1 is 1.35 bits per heavy atom. The number of carbonyl (C=O) groups is 1. The minimum atomic E-state index is -0.0168. The summed E-state index contributed by atoms with van der Waals surface area (Å²) in [6.45, 7) is 0. The molecule has 2 aromatic rings. The first-order valence-corrected chi connectivity index (χ1v) is 5.68. The molecule has 1 saturated carbocycles. The van der Waals surface area contributed by atoms with Crippen LogP contribution in [0.1, 0.15) is 23.2 Å². The van der Waals surface area contributed by atoms with Gasteiger partial charge in [0.2, 0.25) is 0 Å². The van der Waals surface area contributed by atoms with Gasteiger partial charge in [0.1, 0.15) is 0 Å². The van der Waals surface area contributed by atoms with Gasteiger partial charge >= 0.3 is 0 Å². The van der Waals surface area contributed by atoms with E-state index in [0.29, 0.717) is 17.3 Å². The average Bonchev–Trinajstić information content (AvgIpc) is 3.12. The quantitative estimate of drug-likeness (QED) is 0.820. The first-order chi connectivity index (χ1) is 8.22. The number of hydrogen-bond donors (Lipinski definition) is 2. The van der Waals surface area contributed by atoms with Crippen molar-refractivity contribution in [2.45, 2.75) is 18.9 Å². The van der Waals surface area contributed by atoms with E-state index in [9.17, 15) is 4.79 Å². The SMILES string of the molecule is Nc1cnc2ccc(C(=O)NC3CC3)cc2c1. The highest BCUT2D eigenvalue weighted by Gasteiger charge is 2.23. The summed E-state index contributed by atoms with van der Waals surface area (Å²) in [6.07, 6.45) is 3.80. The van der Waals surface area contributed by atoms with Gasteiger partial charge in [-0.05, 0) is 37.1 Å². The number of nitrogens with zero attached hydrogens (tertiary/aromatic N) is 1. The van der Waals surface area contributed by atoms with Crippen molar-refractivity contribution in [1.82, 2.24) is 10.3 Å². The van der Waals surface area contributed by atoms with Gasteiger partial charge in [0, 0.05) is 17.0 Å². The Kier molecular flexibility index (Phi) is 2.21. The molecule has 86 valence electrons. The maximum Gasteiger partial charge on any atom is 0.251 e. The first kappa shape index (κ1) is 10.1. The topological polar surface area (TPSA) is 68.0 Å². The summed E-state index contributed by atoms with van der Waals surface area (Å²) < 4.78 is 0. The molecule has 0 atom stereocenters. The lowest BCUT2D eigenvalue weighted by Crippen LogP contribution is -2.25. The molecule has 0 aliphatic heterocycles. The molecule has 0 bridgehead atoms. The predicted octanol–water partition coefficient (Wildman–Crippen LogP) is 1.71. The number of carbonyl (C=O) groups excluding carboxylic acids is 1. The maximum atomic E-state index is 11.9. The van der Waals surface area contributed by atoms with Crippen LogP contribution in [0.5, 0.6) is 0 Å². The van der Waals surface area contributed by atoms with Gasteiger partial charge < -0.3 is 11.1 Å². The zero-order valence-electron chi connectivity index (χ0n) is 9.31. The highest BCUT2D eigenvalue weighted by molar-refractivity contribution is 5.98. The van der Waals surface area contributed by atoms with Crippen LogP contribution >= 0.6 is 0 Å². The van der Waals surface area contributed by atoms with Crippen molar-refractivity contribution in [2.75, 3.05) is 5.73 Å². The summed E-state index contributed by atoms with van der Waals surface area (Å²) in [5.74, 6) is -0.0168. The van der Waals surface area contributed by atoms with Crippen molar-refractivity contribution in [2.24, 2.45) is 0 Å². The number of anilines is 1. The Morgan fingerprint density at radius 3 is 2.94 bits per heavy atom. The fourth-order valence-electron chi connectivity index (χ4n) is 1.79. The summed E-state index contributed by atoms with van der Waals surface area (Å²) in [6, 6.07) is 7.67. The molecule has 0 radical (unpaired) electrons. The Bertz CT molecular complexity index is 590. The number of benzene rings is 1. The summed E-state index contributed by atoms with van der Waals surface area (Å²) in [4.78, 5) is 16.1. The molecule has 0 saturated heterocycles. The van der Waals surface area contributed by atoms with Gasteiger partial charge in [-0.2, -0.15) is 0 Å². The first-order valence-electron chi connectivity index (χ1n) is 5.68. The van der Waals surface area contributed by atoms with E-state index >= 15 is 0 Å². The molecule has 1 aromatic carbocycles. The van der Waals surface area contributed by atoms with Gasteiger partial charge in [-0.1, -0.05) is 0 Å². The molecule has 1 aromatic heterocycles. The number of pyridine rings is 1. The lowest BCUT2D eigenvalue weighted by Gasteiger charge is -2.05. The van der Waals surface area contributed by atoms with Crippen LogP contribution in [-0.4, -0.2) is 16.9 Å². The highest BCUT2D eigenvalue weighted by atomic mass is 16.1. The maximum absolute atomic E-state index is 11.9. The van der Waals surface area contributed by atoms with Crippen LogP contribution in [0.3, 0.4) is 0 Å². The second-order valence-corrected chi connectivity index (χ2v) is 4.42. The van der Waals surface area contributed by atoms with Crippen LogP contribution in [0.15, 0.2) is 30.5 Å². The average molecular weight is 227 g/mol. The Hall–Kier alpha value is -2.10. The van der Waals surface area contributed by atoms with Crippen LogP contribution in [0.2, 0.25) is 0 Å². The van der Waals surface area contributed by atoms with Crippen molar-refractivity contribution in [3.63, 3.8) is 0 Å². The lowest BCUT2D eigenvalue weighted by molar-refractivity contribution is 0.0951. The standard InChI is InChI=1S/C13H13N3O/c14-10-6-9-5-8(1-4-12(9)15-7-10)13(17)16-11-2-3-11/h1,4-7,11H,2-3,14H2,(H,16,17). The zero-order valence-corrected chi connectivity index (χ0v) is 9.31. The predicted molar refractivity (Wildman–Crippen MR) is 66.6 cm³/mol. The molecular formula is C13H13N3O. The van der Waals surface area contributed by atoms with E-state index in [4.69, 9.17) is 5.73 Å². The Morgan fingerprint density at radius 2 is 2.18 bits per heavy atom. The number of hydrogen-bond acceptors (Lipinski definition) is 3. The van der Waals surface area contributed by atoms with E-state index in [1.54, 1.807) is 12.3 Å². The number of nitrogens with one attached hydrogen (secondary N) is 1. The molecule has 1 aliphatic rings. The number of aromatic nitrogens is 1. The summed E-state index contributed by atoms with van der Waals surface area (Å²) >= 11 is 0. The molecular weight excluding hydrogens is 214 g/mol. The van der Waals surface area contributed by atoms with Gasteiger partial charge in [-0.15, -0.1) is 0 Å². The van der Waals surface area contributed by atoms with E-state index in [1.165, 1.54) is 0 Å². The van der Waals surface area contributed by atoms with E-state index in [1.807, 2.05) is 18.2 Å². The molecule has 4 heteroatoms. The Labute approximate surface area is 98.8 Å². The van der Waals surface area contributed by atoms with Crippen molar-refractivity contribution in [3.8, 4) is 0 Å². The summed E-state index contributed by atoms with van der Waals surface area (Å²) in [5.41, 5.74) is 7.80. The third-order valence-electron chi connectivity index (χ3n) is 2.88. The Balaban J connectivity index is 1.96. The van der Waals surface area contributed by atoms with E-state index < -0.39 is 0 Å². The molecule has 0 spiro atoms. The molecule has 3 N–H and O–H groups in total. The highest BCUT2D eigenvalue weighted by Crippen LogP contribution is 2.20. The molecule has 4 nitrogen and oxygen atoms in total. The number of amides is 1. The minimum Gasteiger partial charge on any atom is -0.397 e. The van der Waals surface area contributed by atoms with Crippen molar-refractivity contribution < 1.29 is 4.79 Å². The zero-order chi connectivity index (χ0) is 11.8. The molecule has 17 heavy (non-hydrogen) atoms. The lowest BCUT2D eigenvalue weighted by atomic mass is 10.1. The third-order valence-corrected chi connectivity index (χ3v) is 2.88. The molecule has 1 amide bonds. The largest absolute Gasteiger partial charge is 0.397 e.